The highest BCUT2D eigenvalue weighted by Gasteiger charge is 2.39. The van der Waals surface area contributed by atoms with E-state index in [1.807, 2.05) is 0 Å². The van der Waals surface area contributed by atoms with Crippen LogP contribution in [0.4, 0.5) is 0 Å². The minimum atomic E-state index is -4.12. The van der Waals surface area contributed by atoms with Crippen molar-refractivity contribution in [3.63, 3.8) is 0 Å². The second kappa shape index (κ2) is 10.0. The van der Waals surface area contributed by atoms with Crippen LogP contribution in [-0.4, -0.2) is 58.3 Å². The number of carbonyl (C=O) groups excluding carboxylic acids is 3. The van der Waals surface area contributed by atoms with Crippen molar-refractivity contribution >= 4 is 25.4 Å². The molecule has 3 N–H and O–H groups in total. The van der Waals surface area contributed by atoms with Crippen LogP contribution in [0.25, 0.3) is 0 Å². The van der Waals surface area contributed by atoms with Gasteiger partial charge in [0.1, 0.15) is 24.2 Å². The third-order valence-corrected chi connectivity index (χ3v) is 6.00. The summed E-state index contributed by atoms with van der Waals surface area (Å²) in [6, 6.07) is 7.14. The Balaban J connectivity index is 1.69. The lowest BCUT2D eigenvalue weighted by atomic mass is 10.2. The molecule has 14 heteroatoms. The molecule has 0 bridgehead atoms. The van der Waals surface area contributed by atoms with E-state index in [0.29, 0.717) is 0 Å². The molecule has 1 amide bonds. The highest BCUT2D eigenvalue weighted by atomic mass is 31.2. The zero-order chi connectivity index (χ0) is 23.3. The van der Waals surface area contributed by atoms with Crippen LogP contribution < -0.4 is 15.3 Å². The molecule has 1 unspecified atom stereocenters. The number of ketones is 1. The summed E-state index contributed by atoms with van der Waals surface area (Å²) < 4.78 is 35.6. The molecule has 0 radical (unpaired) electrons. The Bertz CT molecular complexity index is 1030. The van der Waals surface area contributed by atoms with Crippen LogP contribution in [0, 0.1) is 0 Å². The Morgan fingerprint density at radius 3 is 2.72 bits per heavy atom. The quantitative estimate of drug-likeness (QED) is 0.370. The van der Waals surface area contributed by atoms with Crippen LogP contribution >= 0.6 is 7.75 Å². The van der Waals surface area contributed by atoms with Gasteiger partial charge in [-0.15, -0.1) is 5.10 Å². The second-order valence-corrected chi connectivity index (χ2v) is 8.43. The Hall–Kier alpha value is -3.12. The molecule has 3 rings (SSSR count). The Morgan fingerprint density at radius 2 is 2.09 bits per heavy atom. The molecule has 1 aliphatic rings. The van der Waals surface area contributed by atoms with Gasteiger partial charge >= 0.3 is 13.7 Å². The maximum absolute atomic E-state index is 13.3. The molecule has 1 aromatic heterocycles. The molecule has 172 valence electrons. The van der Waals surface area contributed by atoms with E-state index in [-0.39, 0.29) is 23.8 Å². The summed E-state index contributed by atoms with van der Waals surface area (Å²) in [6.45, 7) is 0.988. The normalized spacial score (nSPS) is 21.0. The van der Waals surface area contributed by atoms with E-state index in [9.17, 15) is 18.9 Å². The molecule has 32 heavy (non-hydrogen) atoms. The number of nitrogens with one attached hydrogen (secondary N) is 1. The van der Waals surface area contributed by atoms with Crippen LogP contribution in [0.15, 0.2) is 36.7 Å². The van der Waals surface area contributed by atoms with Crippen molar-refractivity contribution in [2.75, 3.05) is 13.7 Å². The number of hydrogen-bond acceptors (Lipinski definition) is 10. The highest BCUT2D eigenvalue weighted by Crippen LogP contribution is 2.45. The Morgan fingerprint density at radius 1 is 1.38 bits per heavy atom. The second-order valence-electron chi connectivity index (χ2n) is 6.73. The average Bonchev–Trinajstić information content (AvgIpc) is 3.39. The van der Waals surface area contributed by atoms with Crippen LogP contribution in [-0.2, 0) is 28.2 Å². The van der Waals surface area contributed by atoms with Gasteiger partial charge in [0.2, 0.25) is 5.82 Å². The van der Waals surface area contributed by atoms with Crippen molar-refractivity contribution in [1.29, 1.82) is 0 Å². The van der Waals surface area contributed by atoms with Gasteiger partial charge in [-0.25, -0.2) is 14.2 Å². The van der Waals surface area contributed by atoms with Gasteiger partial charge in [0, 0.05) is 0 Å². The van der Waals surface area contributed by atoms with Gasteiger partial charge in [0.25, 0.3) is 5.91 Å². The molecule has 2 heterocycles. The Labute approximate surface area is 182 Å². The molecule has 0 aliphatic carbocycles. The fourth-order valence-corrected chi connectivity index (χ4v) is 4.26. The number of hydrogen-bond donors (Lipinski definition) is 2. The number of Topliss-reactive ketones (excluding diaryl/α,β-unsaturated/α-hetero) is 1. The molecule has 2 aromatic rings. The molecule has 1 aliphatic heterocycles. The smallest absolute Gasteiger partial charge is 0.459 e. The van der Waals surface area contributed by atoms with E-state index >= 15 is 0 Å². The van der Waals surface area contributed by atoms with Gasteiger partial charge in [0.05, 0.1) is 20.1 Å². The molecule has 1 fully saturated rings. The third-order valence-electron chi connectivity index (χ3n) is 4.35. The van der Waals surface area contributed by atoms with Gasteiger partial charge in [-0.2, -0.15) is 5.09 Å². The van der Waals surface area contributed by atoms with E-state index in [2.05, 4.69) is 19.9 Å². The largest absolute Gasteiger partial charge is 0.468 e. The van der Waals surface area contributed by atoms with Gasteiger partial charge in [0.15, 0.2) is 12.0 Å². The first-order valence-corrected chi connectivity index (χ1v) is 11.0. The number of primary amides is 1. The topological polar surface area (TPSA) is 174 Å². The lowest BCUT2D eigenvalue weighted by molar-refractivity contribution is -0.142. The number of aromatic nitrogens is 3. The molecule has 4 atom stereocenters. The number of rotatable bonds is 10. The molecule has 0 spiro atoms. The average molecular weight is 467 g/mol. The van der Waals surface area contributed by atoms with E-state index in [1.54, 1.807) is 30.3 Å². The van der Waals surface area contributed by atoms with Crippen molar-refractivity contribution in [1.82, 2.24) is 19.9 Å². The monoisotopic (exact) mass is 467 g/mol. The number of methoxy groups -OCH3 is 1. The van der Waals surface area contributed by atoms with Gasteiger partial charge < -0.3 is 19.7 Å². The molecule has 1 aromatic carbocycles. The van der Waals surface area contributed by atoms with Crippen molar-refractivity contribution in [2.45, 2.75) is 31.7 Å². The zero-order valence-electron chi connectivity index (χ0n) is 17.2. The summed E-state index contributed by atoms with van der Waals surface area (Å²) in [4.78, 5) is 39.0. The predicted octanol–water partition coefficient (Wildman–Crippen LogP) is 0.588. The molecular weight excluding hydrogens is 445 g/mol. The first-order chi connectivity index (χ1) is 15.2. The van der Waals surface area contributed by atoms with Crippen molar-refractivity contribution < 1.29 is 37.5 Å². The summed E-state index contributed by atoms with van der Waals surface area (Å²) in [7, 11) is -2.94. The zero-order valence-corrected chi connectivity index (χ0v) is 18.1. The number of para-hydroxylation sites is 1. The summed E-state index contributed by atoms with van der Waals surface area (Å²) in [5.74, 6) is -1.85. The van der Waals surface area contributed by atoms with Crippen molar-refractivity contribution in [3.8, 4) is 5.75 Å². The first kappa shape index (κ1) is 23.5. The minimum Gasteiger partial charge on any atom is -0.468 e. The summed E-state index contributed by atoms with van der Waals surface area (Å²) in [5.41, 5.74) is 5.12. The van der Waals surface area contributed by atoms with E-state index in [0.717, 1.165) is 0 Å². The number of esters is 1. The van der Waals surface area contributed by atoms with Crippen molar-refractivity contribution in [2.24, 2.45) is 5.73 Å². The van der Waals surface area contributed by atoms with E-state index < -0.39 is 44.6 Å². The van der Waals surface area contributed by atoms with Crippen LogP contribution in [0.1, 0.15) is 30.2 Å². The van der Waals surface area contributed by atoms with E-state index in [4.69, 9.17) is 19.5 Å². The molecule has 0 saturated carbocycles. The Kier molecular flexibility index (Phi) is 7.36. The maximum atomic E-state index is 13.3. The van der Waals surface area contributed by atoms with Gasteiger partial charge in [-0.3, -0.25) is 18.9 Å². The lowest BCUT2D eigenvalue weighted by Gasteiger charge is -2.23. The molecular formula is C18H22N5O8P. The third kappa shape index (κ3) is 5.77. The highest BCUT2D eigenvalue weighted by molar-refractivity contribution is 7.52. The number of amides is 1. The fraction of sp³-hybridized carbons (Fsp3) is 0.389. The van der Waals surface area contributed by atoms with Crippen LogP contribution in [0.5, 0.6) is 5.75 Å². The summed E-state index contributed by atoms with van der Waals surface area (Å²) in [5, 5.41) is 6.34. The van der Waals surface area contributed by atoms with Crippen LogP contribution in [0.2, 0.25) is 0 Å². The maximum Gasteiger partial charge on any atom is 0.459 e. The van der Waals surface area contributed by atoms with Crippen LogP contribution in [0.3, 0.4) is 0 Å². The van der Waals surface area contributed by atoms with Crippen molar-refractivity contribution in [3.05, 3.63) is 42.5 Å². The first-order valence-electron chi connectivity index (χ1n) is 9.44. The number of ether oxygens (including phenoxy) is 2. The number of benzene rings is 1. The lowest BCUT2D eigenvalue weighted by Crippen LogP contribution is -2.35. The fourth-order valence-electron chi connectivity index (χ4n) is 2.77. The summed E-state index contributed by atoms with van der Waals surface area (Å²) >= 11 is 0. The summed E-state index contributed by atoms with van der Waals surface area (Å²) in [6.07, 6.45) is -0.798. The SMILES string of the molecule is COC(=O)[C@H](C)NP(=O)(OC[C@H]1O[C@@H](n2cnc(C(N)=O)n2)CC1=O)Oc1ccccc1. The molecule has 13 nitrogen and oxygen atoms in total. The van der Waals surface area contributed by atoms with E-state index in [1.165, 1.54) is 25.0 Å². The predicted molar refractivity (Wildman–Crippen MR) is 107 cm³/mol. The molecule has 1 saturated heterocycles. The number of nitrogens with zero attached hydrogens (tertiary/aromatic N) is 3. The van der Waals surface area contributed by atoms with Gasteiger partial charge in [-0.05, 0) is 19.1 Å². The number of nitrogens with two attached hydrogens (primary N) is 1. The minimum absolute atomic E-state index is 0.0780. The van der Waals surface area contributed by atoms with Gasteiger partial charge in [-0.1, -0.05) is 18.2 Å². The standard InChI is InChI=1S/C18H22N5O8P/c1-11(18(26)28-2)22-32(27,31-12-6-4-3-5-7-12)29-9-14-13(24)8-15(30-14)23-10-20-17(21-23)16(19)25/h3-7,10-11,14-15H,8-9H2,1-2H3,(H2,19,25)(H,22,27)/t11-,14+,15+,32?/m0/s1. The number of carbonyl (C=O) groups is 3.